The molecule has 1 amide bonds. The zero-order valence-electron chi connectivity index (χ0n) is 12.7. The SMILES string of the molecule is CCC(C)NC(=O)Cn1nc(C(F)F)c2c1C(F)(F)C(C)C2. The van der Waals surface area contributed by atoms with Crippen LogP contribution in [-0.4, -0.2) is 21.7 Å². The predicted octanol–water partition coefficient (Wildman–Crippen LogP) is 3.02. The Morgan fingerprint density at radius 2 is 2.14 bits per heavy atom. The molecule has 1 aliphatic carbocycles. The number of carbonyl (C=O) groups excluding carboxylic acids is 1. The van der Waals surface area contributed by atoms with E-state index in [1.807, 2.05) is 6.92 Å². The van der Waals surface area contributed by atoms with E-state index in [1.165, 1.54) is 6.92 Å². The maximum absolute atomic E-state index is 14.2. The van der Waals surface area contributed by atoms with E-state index in [0.29, 0.717) is 6.42 Å². The molecule has 2 atom stereocenters. The molecular weight excluding hydrogens is 302 g/mol. The smallest absolute Gasteiger partial charge is 0.292 e. The topological polar surface area (TPSA) is 46.9 Å². The summed E-state index contributed by atoms with van der Waals surface area (Å²) in [6.07, 6.45) is -2.42. The van der Waals surface area contributed by atoms with Gasteiger partial charge in [0.2, 0.25) is 5.91 Å². The average molecular weight is 321 g/mol. The average Bonchev–Trinajstić information content (AvgIpc) is 2.87. The summed E-state index contributed by atoms with van der Waals surface area (Å²) in [7, 11) is 0. The van der Waals surface area contributed by atoms with Gasteiger partial charge >= 0.3 is 0 Å². The number of alkyl halides is 4. The Labute approximate surface area is 125 Å². The monoisotopic (exact) mass is 321 g/mol. The van der Waals surface area contributed by atoms with Gasteiger partial charge in [0.25, 0.3) is 12.3 Å². The van der Waals surface area contributed by atoms with Crippen molar-refractivity contribution in [1.82, 2.24) is 15.1 Å². The van der Waals surface area contributed by atoms with Crippen molar-refractivity contribution in [3.63, 3.8) is 0 Å². The predicted molar refractivity (Wildman–Crippen MR) is 71.8 cm³/mol. The molecule has 1 heterocycles. The summed E-state index contributed by atoms with van der Waals surface area (Å²) in [4.78, 5) is 11.8. The molecule has 1 aromatic rings. The van der Waals surface area contributed by atoms with Crippen molar-refractivity contribution in [1.29, 1.82) is 0 Å². The van der Waals surface area contributed by atoms with Crippen LogP contribution in [0.2, 0.25) is 0 Å². The van der Waals surface area contributed by atoms with E-state index in [2.05, 4.69) is 10.4 Å². The maximum atomic E-state index is 14.2. The largest absolute Gasteiger partial charge is 0.352 e. The molecular formula is C14H19F4N3O. The minimum atomic E-state index is -3.26. The first-order valence-corrected chi connectivity index (χ1v) is 7.23. The number of amides is 1. The summed E-state index contributed by atoms with van der Waals surface area (Å²) in [5, 5.41) is 6.17. The fraction of sp³-hybridized carbons (Fsp3) is 0.714. The van der Waals surface area contributed by atoms with Gasteiger partial charge in [-0.3, -0.25) is 9.48 Å². The van der Waals surface area contributed by atoms with Crippen molar-refractivity contribution < 1.29 is 22.4 Å². The summed E-state index contributed by atoms with van der Waals surface area (Å²) >= 11 is 0. The summed E-state index contributed by atoms with van der Waals surface area (Å²) in [5.74, 6) is -4.86. The van der Waals surface area contributed by atoms with Crippen LogP contribution in [0.3, 0.4) is 0 Å². The molecule has 4 nitrogen and oxygen atoms in total. The lowest BCUT2D eigenvalue weighted by molar-refractivity contribution is -0.122. The number of aromatic nitrogens is 2. The van der Waals surface area contributed by atoms with Crippen molar-refractivity contribution in [2.24, 2.45) is 5.92 Å². The van der Waals surface area contributed by atoms with Crippen LogP contribution < -0.4 is 5.32 Å². The Morgan fingerprint density at radius 1 is 1.50 bits per heavy atom. The van der Waals surface area contributed by atoms with Crippen LogP contribution in [0.25, 0.3) is 0 Å². The molecule has 2 unspecified atom stereocenters. The molecule has 0 saturated heterocycles. The molecule has 22 heavy (non-hydrogen) atoms. The van der Waals surface area contributed by atoms with Gasteiger partial charge in [0, 0.05) is 17.5 Å². The van der Waals surface area contributed by atoms with Crippen LogP contribution in [0, 0.1) is 5.92 Å². The highest BCUT2D eigenvalue weighted by atomic mass is 19.3. The number of carbonyl (C=O) groups is 1. The van der Waals surface area contributed by atoms with Gasteiger partial charge in [-0.1, -0.05) is 13.8 Å². The Morgan fingerprint density at radius 3 is 2.68 bits per heavy atom. The molecule has 0 spiro atoms. The quantitative estimate of drug-likeness (QED) is 0.848. The Hall–Kier alpha value is -1.60. The van der Waals surface area contributed by atoms with E-state index < -0.39 is 42.1 Å². The number of hydrogen-bond donors (Lipinski definition) is 1. The number of rotatable bonds is 5. The van der Waals surface area contributed by atoms with Gasteiger partial charge in [0.1, 0.15) is 17.9 Å². The fourth-order valence-corrected chi connectivity index (χ4v) is 2.61. The second-order valence-electron chi connectivity index (χ2n) is 5.78. The molecule has 0 aliphatic heterocycles. The lowest BCUT2D eigenvalue weighted by Crippen LogP contribution is -2.36. The molecule has 1 N–H and O–H groups in total. The van der Waals surface area contributed by atoms with E-state index >= 15 is 0 Å². The van der Waals surface area contributed by atoms with Gasteiger partial charge in [0.15, 0.2) is 0 Å². The normalized spacial score (nSPS) is 21.0. The first-order valence-electron chi connectivity index (χ1n) is 7.23. The molecule has 2 rings (SSSR count). The van der Waals surface area contributed by atoms with E-state index in [4.69, 9.17) is 0 Å². The molecule has 0 fully saturated rings. The second kappa shape index (κ2) is 5.89. The van der Waals surface area contributed by atoms with Gasteiger partial charge < -0.3 is 5.32 Å². The lowest BCUT2D eigenvalue weighted by Gasteiger charge is -2.18. The van der Waals surface area contributed by atoms with Crippen LogP contribution in [-0.2, 0) is 23.7 Å². The molecule has 0 saturated carbocycles. The molecule has 1 aromatic heterocycles. The molecule has 8 heteroatoms. The van der Waals surface area contributed by atoms with E-state index in [0.717, 1.165) is 4.68 Å². The maximum Gasteiger partial charge on any atom is 0.292 e. The van der Waals surface area contributed by atoms with Gasteiger partial charge in [-0.25, -0.2) is 8.78 Å². The first-order chi connectivity index (χ1) is 10.2. The van der Waals surface area contributed by atoms with E-state index in [-0.39, 0.29) is 18.0 Å². The Balaban J connectivity index is 2.34. The minimum Gasteiger partial charge on any atom is -0.352 e. The summed E-state index contributed by atoms with van der Waals surface area (Å²) in [5.41, 5.74) is -1.31. The highest BCUT2D eigenvalue weighted by Gasteiger charge is 2.51. The number of nitrogens with zero attached hydrogens (tertiary/aromatic N) is 2. The van der Waals surface area contributed by atoms with Gasteiger partial charge in [-0.05, 0) is 19.8 Å². The van der Waals surface area contributed by atoms with Crippen LogP contribution in [0.15, 0.2) is 0 Å². The second-order valence-corrected chi connectivity index (χ2v) is 5.78. The Kier molecular flexibility index (Phi) is 4.49. The van der Waals surface area contributed by atoms with Crippen LogP contribution >= 0.6 is 0 Å². The van der Waals surface area contributed by atoms with Crippen molar-refractivity contribution in [2.45, 2.75) is 58.5 Å². The van der Waals surface area contributed by atoms with Crippen molar-refractivity contribution in [2.75, 3.05) is 0 Å². The number of hydrogen-bond acceptors (Lipinski definition) is 2. The van der Waals surface area contributed by atoms with Gasteiger partial charge in [-0.15, -0.1) is 0 Å². The Bertz CT molecular complexity index is 571. The minimum absolute atomic E-state index is 0.120. The van der Waals surface area contributed by atoms with E-state index in [9.17, 15) is 22.4 Å². The zero-order chi connectivity index (χ0) is 16.7. The molecule has 0 bridgehead atoms. The summed E-state index contributed by atoms with van der Waals surface area (Å²) in [6, 6.07) is -0.120. The lowest BCUT2D eigenvalue weighted by atomic mass is 10.1. The van der Waals surface area contributed by atoms with Gasteiger partial charge in [0.05, 0.1) is 0 Å². The molecule has 1 aliphatic rings. The van der Waals surface area contributed by atoms with Crippen molar-refractivity contribution in [3.8, 4) is 0 Å². The summed E-state index contributed by atoms with van der Waals surface area (Å²) < 4.78 is 55.1. The zero-order valence-corrected chi connectivity index (χ0v) is 12.7. The number of halogens is 4. The third kappa shape index (κ3) is 2.83. The third-order valence-electron chi connectivity index (χ3n) is 4.05. The first kappa shape index (κ1) is 16.8. The fourth-order valence-electron chi connectivity index (χ4n) is 2.61. The summed E-state index contributed by atoms with van der Waals surface area (Å²) in [6.45, 7) is 4.45. The van der Waals surface area contributed by atoms with Crippen LogP contribution in [0.1, 0.15) is 50.6 Å². The standard InChI is InChI=1S/C14H19F4N3O/c1-4-8(3)19-10(22)6-21-12-9(11(20-21)13(15)16)5-7(2)14(12,17)18/h7-8,13H,4-6H2,1-3H3,(H,19,22). The number of nitrogens with one attached hydrogen (secondary N) is 1. The molecule has 124 valence electrons. The third-order valence-corrected chi connectivity index (χ3v) is 4.05. The van der Waals surface area contributed by atoms with Crippen LogP contribution in [0.5, 0.6) is 0 Å². The molecule has 0 aromatic carbocycles. The highest BCUT2D eigenvalue weighted by molar-refractivity contribution is 5.76. The van der Waals surface area contributed by atoms with Gasteiger partial charge in [-0.2, -0.15) is 13.9 Å². The number of fused-ring (bicyclic) bond motifs is 1. The van der Waals surface area contributed by atoms with E-state index in [1.54, 1.807) is 6.92 Å². The highest BCUT2D eigenvalue weighted by Crippen LogP contribution is 2.48. The molecule has 0 radical (unpaired) electrons. The van der Waals surface area contributed by atoms with Crippen LogP contribution in [0.4, 0.5) is 17.6 Å². The van der Waals surface area contributed by atoms with Crippen molar-refractivity contribution >= 4 is 5.91 Å². The van der Waals surface area contributed by atoms with Crippen molar-refractivity contribution in [3.05, 3.63) is 17.0 Å².